The second-order valence-corrected chi connectivity index (χ2v) is 5.63. The van der Waals surface area contributed by atoms with Crippen molar-refractivity contribution in [2.45, 2.75) is 45.1 Å². The molecule has 1 N–H and O–H groups in total. The van der Waals surface area contributed by atoms with Gasteiger partial charge in [-0.25, -0.2) is 0 Å². The van der Waals surface area contributed by atoms with Gasteiger partial charge >= 0.3 is 0 Å². The molecule has 88 valence electrons. The van der Waals surface area contributed by atoms with Crippen molar-refractivity contribution in [3.05, 3.63) is 0 Å². The molecule has 2 heteroatoms. The van der Waals surface area contributed by atoms with Crippen LogP contribution in [0.25, 0.3) is 0 Å². The smallest absolute Gasteiger partial charge is 0.00680 e. The highest BCUT2D eigenvalue weighted by Gasteiger charge is 2.23. The van der Waals surface area contributed by atoms with Crippen LogP contribution in [0, 0.1) is 11.8 Å². The van der Waals surface area contributed by atoms with Crippen molar-refractivity contribution >= 4 is 0 Å². The maximum atomic E-state index is 3.75. The Morgan fingerprint density at radius 3 is 2.40 bits per heavy atom. The first kappa shape index (κ1) is 11.4. The summed E-state index contributed by atoms with van der Waals surface area (Å²) in [6.07, 6.45) is 7.17. The summed E-state index contributed by atoms with van der Waals surface area (Å²) in [5.41, 5.74) is 0. The molecule has 2 fully saturated rings. The topological polar surface area (TPSA) is 15.3 Å². The van der Waals surface area contributed by atoms with Gasteiger partial charge in [-0.2, -0.15) is 0 Å². The maximum Gasteiger partial charge on any atom is 0.00680 e. The van der Waals surface area contributed by atoms with Gasteiger partial charge in [-0.05, 0) is 71.1 Å². The maximum absolute atomic E-state index is 3.75. The zero-order valence-electron chi connectivity index (χ0n) is 10.3. The van der Waals surface area contributed by atoms with Crippen molar-refractivity contribution in [3.8, 4) is 0 Å². The first-order chi connectivity index (χ1) is 7.25. The van der Waals surface area contributed by atoms with E-state index in [4.69, 9.17) is 0 Å². The highest BCUT2D eigenvalue weighted by Crippen LogP contribution is 2.26. The molecule has 1 aliphatic carbocycles. The molecular weight excluding hydrogens is 184 g/mol. The van der Waals surface area contributed by atoms with E-state index in [1.54, 1.807) is 0 Å². The van der Waals surface area contributed by atoms with Crippen LogP contribution in [0.2, 0.25) is 0 Å². The van der Waals surface area contributed by atoms with Crippen molar-refractivity contribution in [2.24, 2.45) is 11.8 Å². The van der Waals surface area contributed by atoms with Crippen LogP contribution < -0.4 is 5.32 Å². The first-order valence-electron chi connectivity index (χ1n) is 6.67. The van der Waals surface area contributed by atoms with Gasteiger partial charge in [0.1, 0.15) is 0 Å². The fraction of sp³-hybridized carbons (Fsp3) is 1.00. The molecule has 0 aromatic carbocycles. The number of nitrogens with one attached hydrogen (secondary N) is 1. The van der Waals surface area contributed by atoms with Gasteiger partial charge in [0, 0.05) is 6.04 Å². The Morgan fingerprint density at radius 1 is 1.20 bits per heavy atom. The molecule has 0 amide bonds. The number of rotatable bonds is 4. The Labute approximate surface area is 94.4 Å². The minimum atomic E-state index is 0.735. The predicted molar refractivity (Wildman–Crippen MR) is 65.0 cm³/mol. The molecule has 0 radical (unpaired) electrons. The highest BCUT2D eigenvalue weighted by molar-refractivity contribution is 4.80. The van der Waals surface area contributed by atoms with Crippen molar-refractivity contribution in [2.75, 3.05) is 26.7 Å². The molecule has 1 atom stereocenters. The molecule has 1 saturated heterocycles. The lowest BCUT2D eigenvalue weighted by Gasteiger charge is -2.35. The van der Waals surface area contributed by atoms with Gasteiger partial charge in [-0.3, -0.25) is 0 Å². The zero-order valence-corrected chi connectivity index (χ0v) is 10.3. The number of nitrogens with zero attached hydrogens (tertiary/aromatic N) is 1. The molecule has 1 unspecified atom stereocenters. The molecule has 0 spiro atoms. The molecule has 2 rings (SSSR count). The van der Waals surface area contributed by atoms with Crippen LogP contribution in [0.3, 0.4) is 0 Å². The Morgan fingerprint density at radius 2 is 1.87 bits per heavy atom. The summed E-state index contributed by atoms with van der Waals surface area (Å²) in [6, 6.07) is 0.735. The minimum Gasteiger partial charge on any atom is -0.314 e. The van der Waals surface area contributed by atoms with E-state index < -0.39 is 0 Å². The van der Waals surface area contributed by atoms with E-state index in [2.05, 4.69) is 24.2 Å². The Balaban J connectivity index is 1.63. The van der Waals surface area contributed by atoms with Gasteiger partial charge in [0.2, 0.25) is 0 Å². The summed E-state index contributed by atoms with van der Waals surface area (Å²) in [5.74, 6) is 1.92. The number of hydrogen-bond donors (Lipinski definition) is 1. The second kappa shape index (κ2) is 5.31. The Hall–Kier alpha value is -0.0800. The molecule has 2 aliphatic rings. The molecule has 0 bridgehead atoms. The lowest BCUT2D eigenvalue weighted by atomic mass is 9.84. The van der Waals surface area contributed by atoms with E-state index in [1.165, 1.54) is 51.7 Å². The largest absolute Gasteiger partial charge is 0.314 e. The van der Waals surface area contributed by atoms with Gasteiger partial charge in [-0.15, -0.1) is 0 Å². The quantitative estimate of drug-likeness (QED) is 0.764. The summed E-state index contributed by atoms with van der Waals surface area (Å²) in [7, 11) is 2.24. The van der Waals surface area contributed by atoms with Gasteiger partial charge in [0.15, 0.2) is 0 Å². The molecule has 1 aliphatic heterocycles. The van der Waals surface area contributed by atoms with Crippen LogP contribution in [0.4, 0.5) is 0 Å². The van der Waals surface area contributed by atoms with Gasteiger partial charge in [0.05, 0.1) is 0 Å². The average molecular weight is 210 g/mol. The molecule has 0 aromatic rings. The van der Waals surface area contributed by atoms with Crippen LogP contribution in [0.5, 0.6) is 0 Å². The van der Waals surface area contributed by atoms with Gasteiger partial charge < -0.3 is 10.2 Å². The monoisotopic (exact) mass is 210 g/mol. The number of likely N-dealkylation sites (tertiary alicyclic amines) is 1. The Bertz CT molecular complexity index is 181. The fourth-order valence-corrected chi connectivity index (χ4v) is 2.74. The highest BCUT2D eigenvalue weighted by atomic mass is 15.1. The van der Waals surface area contributed by atoms with Crippen LogP contribution in [-0.4, -0.2) is 37.6 Å². The van der Waals surface area contributed by atoms with Crippen molar-refractivity contribution < 1.29 is 0 Å². The van der Waals surface area contributed by atoms with E-state index >= 15 is 0 Å². The summed E-state index contributed by atoms with van der Waals surface area (Å²) in [4.78, 5) is 2.45. The predicted octanol–water partition coefficient (Wildman–Crippen LogP) is 2.11. The third-order valence-corrected chi connectivity index (χ3v) is 4.42. The summed E-state index contributed by atoms with van der Waals surface area (Å²) in [6.45, 7) is 6.24. The van der Waals surface area contributed by atoms with Crippen molar-refractivity contribution in [1.82, 2.24) is 10.2 Å². The summed E-state index contributed by atoms with van der Waals surface area (Å²) >= 11 is 0. The fourth-order valence-electron chi connectivity index (χ4n) is 2.74. The third-order valence-electron chi connectivity index (χ3n) is 4.42. The standard InChI is InChI=1S/C13H26N2/c1-11(14-10-12-4-3-5-12)13-6-8-15(2)9-7-13/h11-14H,3-10H2,1-2H3. The van der Waals surface area contributed by atoms with Crippen LogP contribution >= 0.6 is 0 Å². The van der Waals surface area contributed by atoms with Gasteiger partial charge in [-0.1, -0.05) is 6.42 Å². The van der Waals surface area contributed by atoms with Crippen LogP contribution in [-0.2, 0) is 0 Å². The minimum absolute atomic E-state index is 0.735. The molecule has 0 aromatic heterocycles. The SMILES string of the molecule is CC(NCC1CCC1)C1CCN(C)CC1. The van der Waals surface area contributed by atoms with Gasteiger partial charge in [0.25, 0.3) is 0 Å². The molecular formula is C13H26N2. The zero-order chi connectivity index (χ0) is 10.7. The van der Waals surface area contributed by atoms with Crippen molar-refractivity contribution in [1.29, 1.82) is 0 Å². The number of piperidine rings is 1. The molecule has 15 heavy (non-hydrogen) atoms. The van der Waals surface area contributed by atoms with E-state index in [-0.39, 0.29) is 0 Å². The average Bonchev–Trinajstić information content (AvgIpc) is 2.16. The Kier molecular flexibility index (Phi) is 4.04. The lowest BCUT2D eigenvalue weighted by Crippen LogP contribution is -2.42. The van der Waals surface area contributed by atoms with E-state index in [1.807, 2.05) is 0 Å². The first-order valence-corrected chi connectivity index (χ1v) is 6.67. The normalized spacial score (nSPS) is 27.6. The van der Waals surface area contributed by atoms with Crippen LogP contribution in [0.15, 0.2) is 0 Å². The summed E-state index contributed by atoms with van der Waals surface area (Å²) in [5, 5.41) is 3.75. The number of hydrogen-bond acceptors (Lipinski definition) is 2. The van der Waals surface area contributed by atoms with E-state index in [0.29, 0.717) is 0 Å². The lowest BCUT2D eigenvalue weighted by molar-refractivity contribution is 0.181. The van der Waals surface area contributed by atoms with E-state index in [9.17, 15) is 0 Å². The molecule has 1 heterocycles. The van der Waals surface area contributed by atoms with Crippen molar-refractivity contribution in [3.63, 3.8) is 0 Å². The molecule has 1 saturated carbocycles. The van der Waals surface area contributed by atoms with Crippen LogP contribution in [0.1, 0.15) is 39.0 Å². The second-order valence-electron chi connectivity index (χ2n) is 5.63. The third kappa shape index (κ3) is 3.18. The van der Waals surface area contributed by atoms with E-state index in [0.717, 1.165) is 17.9 Å². The molecule has 2 nitrogen and oxygen atoms in total. The summed E-state index contributed by atoms with van der Waals surface area (Å²) < 4.78 is 0.